The van der Waals surface area contributed by atoms with Crippen molar-refractivity contribution in [1.82, 2.24) is 0 Å². The molecule has 1 heterocycles. The molecule has 13 heavy (non-hydrogen) atoms. The Hall–Kier alpha value is -1.09. The summed E-state index contributed by atoms with van der Waals surface area (Å²) in [6.45, 7) is 4.08. The molecule has 0 unspecified atom stereocenters. The fourth-order valence-corrected chi connectivity index (χ4v) is 1.88. The number of benzene rings is 1. The standard InChI is InChI=1S/C10H10O2S/c1-3-7-4-8-9(12-6-11-8)5-10(7)13-2/h3-5H,1,6H2,2H3. The van der Waals surface area contributed by atoms with Crippen LogP contribution in [0, 0.1) is 0 Å². The molecule has 0 atom stereocenters. The molecule has 0 bridgehead atoms. The van der Waals surface area contributed by atoms with Crippen molar-refractivity contribution >= 4 is 17.8 Å². The summed E-state index contributed by atoms with van der Waals surface area (Å²) in [6.07, 6.45) is 3.86. The van der Waals surface area contributed by atoms with E-state index in [-0.39, 0.29) is 0 Å². The van der Waals surface area contributed by atoms with Crippen LogP contribution in [0.4, 0.5) is 0 Å². The molecule has 1 aliphatic rings. The van der Waals surface area contributed by atoms with Gasteiger partial charge in [0.05, 0.1) is 0 Å². The maximum Gasteiger partial charge on any atom is 0.231 e. The topological polar surface area (TPSA) is 18.5 Å². The second-order valence-electron chi connectivity index (χ2n) is 2.65. The molecule has 0 fully saturated rings. The summed E-state index contributed by atoms with van der Waals surface area (Å²) in [5.41, 5.74) is 1.09. The minimum Gasteiger partial charge on any atom is -0.454 e. The average molecular weight is 194 g/mol. The third kappa shape index (κ3) is 1.40. The Morgan fingerprint density at radius 3 is 2.69 bits per heavy atom. The van der Waals surface area contributed by atoms with Crippen LogP contribution in [0.3, 0.4) is 0 Å². The zero-order chi connectivity index (χ0) is 9.26. The van der Waals surface area contributed by atoms with Gasteiger partial charge in [0.2, 0.25) is 6.79 Å². The minimum atomic E-state index is 0.323. The Kier molecular flexibility index (Phi) is 2.19. The van der Waals surface area contributed by atoms with Crippen LogP contribution in [0.15, 0.2) is 23.6 Å². The second-order valence-corrected chi connectivity index (χ2v) is 3.50. The largest absolute Gasteiger partial charge is 0.454 e. The molecule has 0 N–H and O–H groups in total. The summed E-state index contributed by atoms with van der Waals surface area (Å²) in [5, 5.41) is 0. The van der Waals surface area contributed by atoms with E-state index in [0.717, 1.165) is 17.1 Å². The van der Waals surface area contributed by atoms with Gasteiger partial charge in [-0.3, -0.25) is 0 Å². The highest BCUT2D eigenvalue weighted by molar-refractivity contribution is 7.98. The highest BCUT2D eigenvalue weighted by atomic mass is 32.2. The van der Waals surface area contributed by atoms with E-state index < -0.39 is 0 Å². The average Bonchev–Trinajstić information content (AvgIpc) is 2.62. The van der Waals surface area contributed by atoms with Crippen molar-refractivity contribution < 1.29 is 9.47 Å². The molecule has 0 saturated heterocycles. The first-order valence-electron chi connectivity index (χ1n) is 3.95. The quantitative estimate of drug-likeness (QED) is 0.674. The number of fused-ring (bicyclic) bond motifs is 1. The summed E-state index contributed by atoms with van der Waals surface area (Å²) in [5.74, 6) is 1.64. The fraction of sp³-hybridized carbons (Fsp3) is 0.200. The highest BCUT2D eigenvalue weighted by Gasteiger charge is 2.15. The number of hydrogen-bond donors (Lipinski definition) is 0. The van der Waals surface area contributed by atoms with E-state index in [1.165, 1.54) is 4.90 Å². The molecule has 0 saturated carbocycles. The molecule has 1 aliphatic heterocycles. The molecule has 0 spiro atoms. The van der Waals surface area contributed by atoms with E-state index in [9.17, 15) is 0 Å². The van der Waals surface area contributed by atoms with Crippen LogP contribution in [-0.4, -0.2) is 13.0 Å². The van der Waals surface area contributed by atoms with Crippen LogP contribution in [0.2, 0.25) is 0 Å². The van der Waals surface area contributed by atoms with Gasteiger partial charge in [-0.25, -0.2) is 0 Å². The summed E-state index contributed by atoms with van der Waals surface area (Å²) < 4.78 is 10.5. The van der Waals surface area contributed by atoms with Crippen molar-refractivity contribution in [1.29, 1.82) is 0 Å². The van der Waals surface area contributed by atoms with Crippen LogP contribution in [0.5, 0.6) is 11.5 Å². The van der Waals surface area contributed by atoms with Gasteiger partial charge in [0.1, 0.15) is 0 Å². The van der Waals surface area contributed by atoms with E-state index in [1.54, 1.807) is 11.8 Å². The van der Waals surface area contributed by atoms with E-state index in [2.05, 4.69) is 6.58 Å². The zero-order valence-corrected chi connectivity index (χ0v) is 8.19. The molecule has 0 radical (unpaired) electrons. The molecule has 3 heteroatoms. The molecule has 0 aliphatic carbocycles. The van der Waals surface area contributed by atoms with Crippen molar-refractivity contribution in [3.05, 3.63) is 24.3 Å². The lowest BCUT2D eigenvalue weighted by Gasteiger charge is -2.04. The van der Waals surface area contributed by atoms with Gasteiger partial charge in [0, 0.05) is 4.90 Å². The fourth-order valence-electron chi connectivity index (χ4n) is 1.28. The van der Waals surface area contributed by atoms with Crippen molar-refractivity contribution in [2.24, 2.45) is 0 Å². The third-order valence-corrected chi connectivity index (χ3v) is 2.74. The maximum absolute atomic E-state index is 5.27. The van der Waals surface area contributed by atoms with E-state index in [4.69, 9.17) is 9.47 Å². The van der Waals surface area contributed by atoms with Crippen molar-refractivity contribution in [3.63, 3.8) is 0 Å². The number of hydrogen-bond acceptors (Lipinski definition) is 3. The smallest absolute Gasteiger partial charge is 0.231 e. The molecule has 68 valence electrons. The molecule has 0 amide bonds. The first-order chi connectivity index (χ1) is 6.35. The maximum atomic E-state index is 5.27. The van der Waals surface area contributed by atoms with Gasteiger partial charge >= 0.3 is 0 Å². The van der Waals surface area contributed by atoms with Gasteiger partial charge in [-0.2, -0.15) is 0 Å². The predicted octanol–water partition coefficient (Wildman–Crippen LogP) is 2.78. The first kappa shape index (κ1) is 8.51. The molecule has 2 rings (SSSR count). The molecule has 2 nitrogen and oxygen atoms in total. The van der Waals surface area contributed by atoms with Gasteiger partial charge in [-0.1, -0.05) is 12.7 Å². The SMILES string of the molecule is C=Cc1cc2c(cc1SC)OCO2. The van der Waals surface area contributed by atoms with Crippen LogP contribution >= 0.6 is 11.8 Å². The van der Waals surface area contributed by atoms with E-state index >= 15 is 0 Å². The van der Waals surface area contributed by atoms with Gasteiger partial charge in [0.15, 0.2) is 11.5 Å². The summed E-state index contributed by atoms with van der Waals surface area (Å²) in [6, 6.07) is 3.95. The lowest BCUT2D eigenvalue weighted by molar-refractivity contribution is 0.174. The monoisotopic (exact) mass is 194 g/mol. The van der Waals surface area contributed by atoms with Crippen molar-refractivity contribution in [2.75, 3.05) is 13.0 Å². The van der Waals surface area contributed by atoms with E-state index in [1.807, 2.05) is 24.5 Å². The van der Waals surface area contributed by atoms with Crippen LogP contribution in [0.1, 0.15) is 5.56 Å². The molecule has 1 aromatic carbocycles. The molecular formula is C10H10O2S. The number of rotatable bonds is 2. The zero-order valence-electron chi connectivity index (χ0n) is 7.37. The third-order valence-electron chi connectivity index (χ3n) is 1.94. The minimum absolute atomic E-state index is 0.323. The summed E-state index contributed by atoms with van der Waals surface area (Å²) in [7, 11) is 0. The molecule has 1 aromatic rings. The van der Waals surface area contributed by atoms with Gasteiger partial charge in [0.25, 0.3) is 0 Å². The van der Waals surface area contributed by atoms with Gasteiger partial charge in [-0.05, 0) is 24.0 Å². The van der Waals surface area contributed by atoms with Crippen LogP contribution < -0.4 is 9.47 Å². The lowest BCUT2D eigenvalue weighted by Crippen LogP contribution is -1.92. The predicted molar refractivity (Wildman–Crippen MR) is 54.4 cm³/mol. The Morgan fingerprint density at radius 2 is 2.08 bits per heavy atom. The number of ether oxygens (including phenoxy) is 2. The van der Waals surface area contributed by atoms with Gasteiger partial charge in [-0.15, -0.1) is 11.8 Å². The van der Waals surface area contributed by atoms with Crippen LogP contribution in [-0.2, 0) is 0 Å². The van der Waals surface area contributed by atoms with Crippen LogP contribution in [0.25, 0.3) is 6.08 Å². The summed E-state index contributed by atoms with van der Waals surface area (Å²) in [4.78, 5) is 1.17. The van der Waals surface area contributed by atoms with Crippen molar-refractivity contribution in [3.8, 4) is 11.5 Å². The molecular weight excluding hydrogens is 184 g/mol. The number of thioether (sulfide) groups is 1. The Labute approximate surface area is 81.5 Å². The normalized spacial score (nSPS) is 13.0. The second kappa shape index (κ2) is 3.34. The Balaban J connectivity index is 2.53. The van der Waals surface area contributed by atoms with Crippen molar-refractivity contribution in [2.45, 2.75) is 4.90 Å². The van der Waals surface area contributed by atoms with Gasteiger partial charge < -0.3 is 9.47 Å². The summed E-state index contributed by atoms with van der Waals surface area (Å²) >= 11 is 1.68. The van der Waals surface area contributed by atoms with E-state index in [0.29, 0.717) is 6.79 Å². The lowest BCUT2D eigenvalue weighted by atomic mass is 10.2. The Morgan fingerprint density at radius 1 is 1.38 bits per heavy atom. The Bertz CT molecular complexity index is 347. The highest BCUT2D eigenvalue weighted by Crippen LogP contribution is 2.38. The molecule has 0 aromatic heterocycles. The first-order valence-corrected chi connectivity index (χ1v) is 5.17.